The van der Waals surface area contributed by atoms with Crippen molar-refractivity contribution in [3.63, 3.8) is 0 Å². The Morgan fingerprint density at radius 1 is 1.13 bits per heavy atom. The van der Waals surface area contributed by atoms with Gasteiger partial charge in [0.05, 0.1) is 0 Å². The van der Waals surface area contributed by atoms with Crippen LogP contribution in [0.2, 0.25) is 0 Å². The number of rotatable bonds is 3. The molecule has 0 aliphatic heterocycles. The lowest BCUT2D eigenvalue weighted by molar-refractivity contribution is -0.133. The highest BCUT2D eigenvalue weighted by Gasteiger charge is 2.54. The molecule has 1 aromatic rings. The average molecular weight is 309 g/mol. The van der Waals surface area contributed by atoms with Gasteiger partial charge in [0, 0.05) is 11.6 Å². The van der Waals surface area contributed by atoms with E-state index in [2.05, 4.69) is 17.4 Å². The SMILES string of the molecule is O=C(Nc1cccc(C2CCCCC2)c1)C12C=CC(CC1)C2=O. The van der Waals surface area contributed by atoms with Gasteiger partial charge in [0.15, 0.2) is 5.78 Å². The van der Waals surface area contributed by atoms with Crippen molar-refractivity contribution in [2.24, 2.45) is 11.3 Å². The quantitative estimate of drug-likeness (QED) is 0.671. The van der Waals surface area contributed by atoms with Gasteiger partial charge in [-0.3, -0.25) is 9.59 Å². The molecular weight excluding hydrogens is 286 g/mol. The van der Waals surface area contributed by atoms with Crippen molar-refractivity contribution in [1.82, 2.24) is 0 Å². The van der Waals surface area contributed by atoms with Gasteiger partial charge in [-0.1, -0.05) is 43.5 Å². The normalized spacial score (nSPS) is 29.9. The molecule has 0 heterocycles. The number of nitrogens with one attached hydrogen (secondary N) is 1. The fraction of sp³-hybridized carbons (Fsp3) is 0.500. The molecule has 4 rings (SSSR count). The van der Waals surface area contributed by atoms with Gasteiger partial charge in [-0.15, -0.1) is 0 Å². The molecule has 120 valence electrons. The number of ketones is 1. The third kappa shape index (κ3) is 2.43. The molecule has 3 aliphatic carbocycles. The molecule has 0 aromatic heterocycles. The van der Waals surface area contributed by atoms with E-state index in [1.165, 1.54) is 37.7 Å². The molecule has 1 amide bonds. The van der Waals surface area contributed by atoms with Crippen LogP contribution in [0.5, 0.6) is 0 Å². The molecule has 1 N–H and O–H groups in total. The second-order valence-electron chi connectivity index (χ2n) is 7.25. The maximum Gasteiger partial charge on any atom is 0.241 e. The monoisotopic (exact) mass is 309 g/mol. The summed E-state index contributed by atoms with van der Waals surface area (Å²) in [7, 11) is 0. The predicted molar refractivity (Wildman–Crippen MR) is 90.2 cm³/mol. The first kappa shape index (κ1) is 14.7. The highest BCUT2D eigenvalue weighted by Crippen LogP contribution is 2.46. The van der Waals surface area contributed by atoms with Crippen LogP contribution in [0, 0.1) is 11.3 Å². The fourth-order valence-electron chi connectivity index (χ4n) is 4.45. The molecular formula is C20H23NO2. The van der Waals surface area contributed by atoms with Gasteiger partial charge < -0.3 is 5.32 Å². The average Bonchev–Trinajstić information content (AvgIpc) is 3.10. The number of benzene rings is 1. The van der Waals surface area contributed by atoms with Gasteiger partial charge >= 0.3 is 0 Å². The minimum atomic E-state index is -0.897. The van der Waals surface area contributed by atoms with Crippen molar-refractivity contribution in [3.8, 4) is 0 Å². The van der Waals surface area contributed by atoms with Gasteiger partial charge in [-0.05, 0) is 49.3 Å². The van der Waals surface area contributed by atoms with Crippen LogP contribution in [0.4, 0.5) is 5.69 Å². The van der Waals surface area contributed by atoms with E-state index in [-0.39, 0.29) is 17.6 Å². The number of hydrogen-bond donors (Lipinski definition) is 1. The summed E-state index contributed by atoms with van der Waals surface area (Å²) >= 11 is 0. The van der Waals surface area contributed by atoms with Gasteiger partial charge in [-0.2, -0.15) is 0 Å². The van der Waals surface area contributed by atoms with Gasteiger partial charge in [-0.25, -0.2) is 0 Å². The Kier molecular flexibility index (Phi) is 3.59. The molecule has 0 radical (unpaired) electrons. The van der Waals surface area contributed by atoms with Crippen molar-refractivity contribution >= 4 is 17.4 Å². The van der Waals surface area contributed by atoms with E-state index in [1.807, 2.05) is 24.3 Å². The fourth-order valence-corrected chi connectivity index (χ4v) is 4.45. The van der Waals surface area contributed by atoms with Crippen LogP contribution in [0.25, 0.3) is 0 Å². The number of Topliss-reactive ketones (excluding diaryl/α,β-unsaturated/α-hetero) is 1. The van der Waals surface area contributed by atoms with E-state index in [1.54, 1.807) is 0 Å². The third-order valence-corrected chi connectivity index (χ3v) is 5.87. The number of hydrogen-bond acceptors (Lipinski definition) is 2. The lowest BCUT2D eigenvalue weighted by Crippen LogP contribution is -2.37. The highest BCUT2D eigenvalue weighted by atomic mass is 16.2. The van der Waals surface area contributed by atoms with E-state index in [4.69, 9.17) is 0 Å². The van der Waals surface area contributed by atoms with E-state index in [0.29, 0.717) is 12.3 Å². The molecule has 3 heteroatoms. The standard InChI is InChI=1S/C20H23NO2/c22-18-15-9-11-20(18,12-10-15)19(23)21-17-8-4-7-16(13-17)14-5-2-1-3-6-14/h4,7-9,11,13-15H,1-3,5-6,10,12H2,(H,21,23). The lowest BCUT2D eigenvalue weighted by Gasteiger charge is -2.24. The topological polar surface area (TPSA) is 46.2 Å². The van der Waals surface area contributed by atoms with Crippen LogP contribution < -0.4 is 5.32 Å². The zero-order valence-corrected chi connectivity index (χ0v) is 13.4. The predicted octanol–water partition coefficient (Wildman–Crippen LogP) is 4.21. The van der Waals surface area contributed by atoms with Crippen LogP contribution in [0.1, 0.15) is 56.4 Å². The van der Waals surface area contributed by atoms with Gasteiger partial charge in [0.25, 0.3) is 0 Å². The molecule has 1 aromatic carbocycles. The largest absolute Gasteiger partial charge is 0.325 e. The lowest BCUT2D eigenvalue weighted by atomic mass is 9.83. The molecule has 2 unspecified atom stereocenters. The van der Waals surface area contributed by atoms with Crippen LogP contribution in [0.3, 0.4) is 0 Å². The number of carbonyl (C=O) groups excluding carboxylic acids is 2. The number of anilines is 1. The third-order valence-electron chi connectivity index (χ3n) is 5.87. The minimum absolute atomic E-state index is 0.0330. The Balaban J connectivity index is 1.52. The number of amides is 1. The zero-order chi connectivity index (χ0) is 15.9. The summed E-state index contributed by atoms with van der Waals surface area (Å²) in [5, 5.41) is 3.00. The molecule has 0 saturated heterocycles. The van der Waals surface area contributed by atoms with Crippen molar-refractivity contribution in [3.05, 3.63) is 42.0 Å². The van der Waals surface area contributed by atoms with E-state index in [9.17, 15) is 9.59 Å². The van der Waals surface area contributed by atoms with Crippen LogP contribution >= 0.6 is 0 Å². The molecule has 0 spiro atoms. The molecule has 3 aliphatic rings. The summed E-state index contributed by atoms with van der Waals surface area (Å²) < 4.78 is 0. The van der Waals surface area contributed by atoms with Gasteiger partial charge in [0.2, 0.25) is 5.91 Å². The van der Waals surface area contributed by atoms with E-state index >= 15 is 0 Å². The van der Waals surface area contributed by atoms with E-state index in [0.717, 1.165) is 12.1 Å². The first-order valence-electron chi connectivity index (χ1n) is 8.84. The van der Waals surface area contributed by atoms with Crippen molar-refractivity contribution in [1.29, 1.82) is 0 Å². The second-order valence-corrected chi connectivity index (χ2v) is 7.25. The van der Waals surface area contributed by atoms with Crippen molar-refractivity contribution in [2.75, 3.05) is 5.32 Å². The smallest absolute Gasteiger partial charge is 0.241 e. The summed E-state index contributed by atoms with van der Waals surface area (Å²) in [5.74, 6) is 0.509. The maximum atomic E-state index is 12.7. The van der Waals surface area contributed by atoms with Crippen LogP contribution in [-0.4, -0.2) is 11.7 Å². The highest BCUT2D eigenvalue weighted by molar-refractivity contribution is 6.16. The van der Waals surface area contributed by atoms with Crippen LogP contribution in [0.15, 0.2) is 36.4 Å². The molecule has 2 atom stereocenters. The zero-order valence-electron chi connectivity index (χ0n) is 13.4. The molecule has 2 fully saturated rings. The summed E-state index contributed by atoms with van der Waals surface area (Å²) in [6.07, 6.45) is 11.6. The number of carbonyl (C=O) groups is 2. The summed E-state index contributed by atoms with van der Waals surface area (Å²) in [5.41, 5.74) is 1.24. The van der Waals surface area contributed by atoms with Crippen molar-refractivity contribution < 1.29 is 9.59 Å². The van der Waals surface area contributed by atoms with Crippen molar-refractivity contribution in [2.45, 2.75) is 50.9 Å². The molecule has 2 bridgehead atoms. The maximum absolute atomic E-state index is 12.7. The molecule has 23 heavy (non-hydrogen) atoms. The van der Waals surface area contributed by atoms with E-state index < -0.39 is 5.41 Å². The first-order valence-corrected chi connectivity index (χ1v) is 8.84. The first-order chi connectivity index (χ1) is 11.2. The summed E-state index contributed by atoms with van der Waals surface area (Å²) in [4.78, 5) is 25.0. The summed E-state index contributed by atoms with van der Waals surface area (Å²) in [6.45, 7) is 0. The minimum Gasteiger partial charge on any atom is -0.325 e. The Labute approximate surface area is 137 Å². The number of fused-ring (bicyclic) bond motifs is 2. The van der Waals surface area contributed by atoms with Crippen LogP contribution in [-0.2, 0) is 9.59 Å². The number of allylic oxidation sites excluding steroid dienone is 1. The Hall–Kier alpha value is -1.90. The Morgan fingerprint density at radius 2 is 1.96 bits per heavy atom. The second kappa shape index (κ2) is 5.63. The Bertz CT molecular complexity index is 672. The Morgan fingerprint density at radius 3 is 2.61 bits per heavy atom. The summed E-state index contributed by atoms with van der Waals surface area (Å²) in [6, 6.07) is 8.20. The molecule has 2 saturated carbocycles. The van der Waals surface area contributed by atoms with Gasteiger partial charge in [0.1, 0.15) is 5.41 Å². The molecule has 3 nitrogen and oxygen atoms in total.